The maximum Gasteiger partial charge on any atom is 0.295 e. The van der Waals surface area contributed by atoms with Crippen LogP contribution in [-0.2, 0) is 16.6 Å². The van der Waals surface area contributed by atoms with Gasteiger partial charge in [0.2, 0.25) is 5.88 Å². The number of nitrogens with one attached hydrogen (secondary N) is 1. The molecule has 0 aliphatic rings. The summed E-state index contributed by atoms with van der Waals surface area (Å²) in [5.74, 6) is -0.488. The Hall–Kier alpha value is -4.18. The van der Waals surface area contributed by atoms with E-state index < -0.39 is 15.9 Å². The van der Waals surface area contributed by atoms with Crippen molar-refractivity contribution >= 4 is 38.2 Å². The number of carbonyl (C=O) groups excluding carboxylic acids is 1. The van der Waals surface area contributed by atoms with Crippen molar-refractivity contribution in [1.82, 2.24) is 4.57 Å². The summed E-state index contributed by atoms with van der Waals surface area (Å²) in [5, 5.41) is 18.9. The van der Waals surface area contributed by atoms with Crippen molar-refractivity contribution in [2.75, 3.05) is 11.8 Å². The van der Waals surface area contributed by atoms with E-state index in [-0.39, 0.29) is 27.7 Å². The number of aromatic nitrogens is 1. The number of anilines is 1. The lowest BCUT2D eigenvalue weighted by atomic mass is 10.2. The molecule has 34 heavy (non-hydrogen) atoms. The number of aromatic hydroxyl groups is 1. The molecule has 0 bridgehead atoms. The normalized spacial score (nSPS) is 11.7. The van der Waals surface area contributed by atoms with Crippen LogP contribution in [0.2, 0.25) is 0 Å². The minimum atomic E-state index is -4.00. The fourth-order valence-electron chi connectivity index (χ4n) is 3.57. The first kappa shape index (κ1) is 23.0. The molecular weight excluding hydrogens is 456 g/mol. The zero-order valence-corrected chi connectivity index (χ0v) is 19.3. The van der Waals surface area contributed by atoms with Gasteiger partial charge in [-0.2, -0.15) is 0 Å². The molecule has 0 spiro atoms. The number of azo groups is 1. The molecule has 4 rings (SSSR count). The number of benzene rings is 3. The second-order valence-corrected chi connectivity index (χ2v) is 8.95. The van der Waals surface area contributed by atoms with Crippen LogP contribution >= 0.6 is 0 Å². The van der Waals surface area contributed by atoms with Crippen molar-refractivity contribution in [2.24, 2.45) is 10.2 Å². The summed E-state index contributed by atoms with van der Waals surface area (Å²) in [5.41, 5.74) is 1.24. The van der Waals surface area contributed by atoms with E-state index in [9.17, 15) is 18.3 Å². The molecule has 3 aromatic carbocycles. The molecule has 1 aromatic heterocycles. The summed E-state index contributed by atoms with van der Waals surface area (Å²) in [4.78, 5) is 12.6. The predicted molar refractivity (Wildman–Crippen MR) is 128 cm³/mol. The first-order chi connectivity index (χ1) is 16.4. The van der Waals surface area contributed by atoms with Gasteiger partial charge in [-0.1, -0.05) is 36.4 Å². The first-order valence-electron chi connectivity index (χ1n) is 10.4. The van der Waals surface area contributed by atoms with Gasteiger partial charge in [-0.3, -0.25) is 9.52 Å². The van der Waals surface area contributed by atoms with E-state index >= 15 is 0 Å². The van der Waals surface area contributed by atoms with E-state index in [0.29, 0.717) is 17.7 Å². The van der Waals surface area contributed by atoms with Gasteiger partial charge in [0.25, 0.3) is 15.9 Å². The molecule has 0 atom stereocenters. The van der Waals surface area contributed by atoms with Crippen molar-refractivity contribution < 1.29 is 23.1 Å². The van der Waals surface area contributed by atoms with Gasteiger partial charge in [0.1, 0.15) is 5.75 Å². The van der Waals surface area contributed by atoms with E-state index in [0.717, 1.165) is 5.52 Å². The molecule has 0 saturated carbocycles. The Morgan fingerprint density at radius 2 is 1.79 bits per heavy atom. The quantitative estimate of drug-likeness (QED) is 0.358. The van der Waals surface area contributed by atoms with Crippen LogP contribution in [0.4, 0.5) is 11.4 Å². The summed E-state index contributed by atoms with van der Waals surface area (Å²) >= 11 is 0. The van der Waals surface area contributed by atoms with Crippen molar-refractivity contribution in [3.05, 3.63) is 78.4 Å². The Bertz CT molecular complexity index is 1510. The maximum absolute atomic E-state index is 12.9. The van der Waals surface area contributed by atoms with Crippen LogP contribution in [0.15, 0.2) is 87.9 Å². The highest BCUT2D eigenvalue weighted by atomic mass is 32.2. The number of sulfonamides is 1. The van der Waals surface area contributed by atoms with Crippen LogP contribution in [0.5, 0.6) is 11.6 Å². The Morgan fingerprint density at radius 3 is 2.56 bits per heavy atom. The molecule has 10 heteroatoms. The Balaban J connectivity index is 1.62. The molecular formula is C24H22N4O5S. The number of aryl methyl sites for hydroxylation is 1. The molecule has 1 amide bonds. The van der Waals surface area contributed by atoms with Gasteiger partial charge in [0.05, 0.1) is 23.2 Å². The molecule has 0 saturated heterocycles. The molecule has 9 nitrogen and oxygen atoms in total. The third kappa shape index (κ3) is 4.35. The SMILES string of the molecule is CCn1c(O)c(N=NC(=O)c2cccc(S(=O)(=O)Nc3ccccc3OC)c2)c2ccccc21. The molecule has 4 aromatic rings. The van der Waals surface area contributed by atoms with Gasteiger partial charge in [0.15, 0.2) is 5.69 Å². The topological polar surface area (TPSA) is 122 Å². The largest absolute Gasteiger partial charge is 0.495 e. The number of rotatable bonds is 7. The average Bonchev–Trinajstić information content (AvgIpc) is 3.13. The van der Waals surface area contributed by atoms with Crippen LogP contribution in [0.1, 0.15) is 17.3 Å². The van der Waals surface area contributed by atoms with Gasteiger partial charge in [-0.25, -0.2) is 8.42 Å². The molecule has 0 unspecified atom stereocenters. The average molecular weight is 479 g/mol. The van der Waals surface area contributed by atoms with Gasteiger partial charge in [0, 0.05) is 17.5 Å². The number of hydrogen-bond donors (Lipinski definition) is 2. The number of nitrogens with zero attached hydrogens (tertiary/aromatic N) is 3. The van der Waals surface area contributed by atoms with Gasteiger partial charge < -0.3 is 14.4 Å². The summed E-state index contributed by atoms with van der Waals surface area (Å²) in [6.45, 7) is 2.39. The highest BCUT2D eigenvalue weighted by Gasteiger charge is 2.19. The summed E-state index contributed by atoms with van der Waals surface area (Å²) < 4.78 is 35.1. The summed E-state index contributed by atoms with van der Waals surface area (Å²) in [6.07, 6.45) is 0. The van der Waals surface area contributed by atoms with E-state index in [4.69, 9.17) is 4.74 Å². The van der Waals surface area contributed by atoms with Gasteiger partial charge in [-0.05, 0) is 43.3 Å². The highest BCUT2D eigenvalue weighted by Crippen LogP contribution is 2.38. The van der Waals surface area contributed by atoms with E-state index in [1.165, 1.54) is 31.4 Å². The number of methoxy groups -OCH3 is 1. The lowest BCUT2D eigenvalue weighted by molar-refractivity contribution is 0.0995. The van der Waals surface area contributed by atoms with E-state index in [1.54, 1.807) is 41.0 Å². The third-order valence-corrected chi connectivity index (χ3v) is 6.58. The van der Waals surface area contributed by atoms with Crippen molar-refractivity contribution in [3.8, 4) is 11.6 Å². The first-order valence-corrected chi connectivity index (χ1v) is 11.9. The Morgan fingerprint density at radius 1 is 1.06 bits per heavy atom. The van der Waals surface area contributed by atoms with Gasteiger partial charge >= 0.3 is 0 Å². The second kappa shape index (κ2) is 9.36. The van der Waals surface area contributed by atoms with Crippen LogP contribution < -0.4 is 9.46 Å². The predicted octanol–water partition coefficient (Wildman–Crippen LogP) is 5.10. The lowest BCUT2D eigenvalue weighted by Crippen LogP contribution is -2.14. The fraction of sp³-hybridized carbons (Fsp3) is 0.125. The lowest BCUT2D eigenvalue weighted by Gasteiger charge is -2.11. The zero-order chi connectivity index (χ0) is 24.3. The van der Waals surface area contributed by atoms with Crippen LogP contribution in [0.25, 0.3) is 10.9 Å². The summed E-state index contributed by atoms with van der Waals surface area (Å²) in [6, 6.07) is 19.3. The van der Waals surface area contributed by atoms with Crippen LogP contribution in [0, 0.1) is 0 Å². The molecule has 2 N–H and O–H groups in total. The molecule has 0 aliphatic heterocycles. The Labute approximate surface area is 196 Å². The maximum atomic E-state index is 12.9. The monoisotopic (exact) mass is 478 g/mol. The van der Waals surface area contributed by atoms with Crippen LogP contribution in [-0.4, -0.2) is 31.1 Å². The molecule has 1 heterocycles. The second-order valence-electron chi connectivity index (χ2n) is 7.27. The number of carbonyl (C=O) groups is 1. The van der Waals surface area contributed by atoms with Gasteiger partial charge in [-0.15, -0.1) is 10.2 Å². The van der Waals surface area contributed by atoms with Crippen molar-refractivity contribution in [2.45, 2.75) is 18.4 Å². The standard InChI is InChI=1S/C24H22N4O5S/c1-3-28-20-13-6-4-11-18(20)22(24(28)30)25-26-23(29)16-9-8-10-17(15-16)34(31,32)27-19-12-5-7-14-21(19)33-2/h4-15,27,30H,3H2,1-2H3. The van der Waals surface area contributed by atoms with Crippen LogP contribution in [0.3, 0.4) is 0 Å². The number of ether oxygens (including phenoxy) is 1. The smallest absolute Gasteiger partial charge is 0.295 e. The minimum Gasteiger partial charge on any atom is -0.495 e. The zero-order valence-electron chi connectivity index (χ0n) is 18.5. The molecule has 0 fully saturated rings. The fourth-order valence-corrected chi connectivity index (χ4v) is 4.69. The minimum absolute atomic E-state index is 0.0328. The molecule has 174 valence electrons. The van der Waals surface area contributed by atoms with Crippen molar-refractivity contribution in [3.63, 3.8) is 0 Å². The van der Waals surface area contributed by atoms with Crippen molar-refractivity contribution in [1.29, 1.82) is 0 Å². The Kier molecular flexibility index (Phi) is 6.33. The molecule has 0 radical (unpaired) electrons. The third-order valence-electron chi connectivity index (χ3n) is 5.22. The van der Waals surface area contributed by atoms with E-state index in [1.807, 2.05) is 19.1 Å². The summed E-state index contributed by atoms with van der Waals surface area (Å²) in [7, 11) is -2.56. The number of amides is 1. The number of fused-ring (bicyclic) bond motifs is 1. The number of hydrogen-bond acceptors (Lipinski definition) is 6. The molecule has 0 aliphatic carbocycles. The van der Waals surface area contributed by atoms with E-state index in [2.05, 4.69) is 15.0 Å². The number of para-hydroxylation sites is 3. The highest BCUT2D eigenvalue weighted by molar-refractivity contribution is 7.92.